The Morgan fingerprint density at radius 2 is 1.86 bits per heavy atom. The van der Waals surface area contributed by atoms with E-state index in [1.165, 1.54) is 18.9 Å². The van der Waals surface area contributed by atoms with E-state index < -0.39 is 5.82 Å². The topological polar surface area (TPSA) is 69.0 Å². The molecule has 180 valence electrons. The van der Waals surface area contributed by atoms with Gasteiger partial charge in [0.2, 0.25) is 0 Å². The molecule has 7 nitrogen and oxygen atoms in total. The number of anilines is 1. The molecule has 2 aliphatic rings. The van der Waals surface area contributed by atoms with Gasteiger partial charge in [-0.2, -0.15) is 5.10 Å². The fourth-order valence-electron chi connectivity index (χ4n) is 4.63. The van der Waals surface area contributed by atoms with E-state index in [4.69, 9.17) is 31.3 Å². The third-order valence-corrected chi connectivity index (χ3v) is 6.97. The molecule has 2 fully saturated rings. The summed E-state index contributed by atoms with van der Waals surface area (Å²) in [5.41, 5.74) is 4.74. The number of aryl methyl sites for hydroxylation is 2. The average molecular weight is 493 g/mol. The summed E-state index contributed by atoms with van der Waals surface area (Å²) in [5.74, 6) is 0.276. The molecular weight excluding hydrogens is 467 g/mol. The van der Waals surface area contributed by atoms with Crippen molar-refractivity contribution >= 4 is 28.5 Å². The lowest BCUT2D eigenvalue weighted by Crippen LogP contribution is -2.43. The number of aromatic nitrogens is 5. The van der Waals surface area contributed by atoms with Crippen LogP contribution in [0.5, 0.6) is 0 Å². The van der Waals surface area contributed by atoms with Crippen LogP contribution in [0.4, 0.5) is 10.2 Å². The Bertz CT molecular complexity index is 1440. The quantitative estimate of drug-likeness (QED) is 0.369. The van der Waals surface area contributed by atoms with Gasteiger partial charge in [0, 0.05) is 35.0 Å². The first-order valence-electron chi connectivity index (χ1n) is 11.9. The normalized spacial score (nSPS) is 20.5. The first-order valence-corrected chi connectivity index (χ1v) is 12.3. The molecule has 0 amide bonds. The lowest BCUT2D eigenvalue weighted by Gasteiger charge is -2.37. The fourth-order valence-corrected chi connectivity index (χ4v) is 4.79. The number of hydrogen-bond donors (Lipinski definition) is 0. The summed E-state index contributed by atoms with van der Waals surface area (Å²) < 4.78 is 23.3. The van der Waals surface area contributed by atoms with Gasteiger partial charge in [-0.25, -0.2) is 19.3 Å². The van der Waals surface area contributed by atoms with Crippen molar-refractivity contribution in [3.63, 3.8) is 0 Å². The Balaban J connectivity index is 1.43. The Morgan fingerprint density at radius 3 is 2.63 bits per heavy atom. The van der Waals surface area contributed by atoms with Crippen molar-refractivity contribution in [3.8, 4) is 11.3 Å². The summed E-state index contributed by atoms with van der Waals surface area (Å²) in [6.07, 6.45) is 6.21. The van der Waals surface area contributed by atoms with Gasteiger partial charge in [-0.05, 0) is 51.8 Å². The second kappa shape index (κ2) is 8.53. The standard InChI is InChI=1S/C26H26ClFN6O/c1-14-11-33(13-23(35-14)17-10-29-34(12-17)19-5-6-19)24-9-22-26(31-16(3)15(2)30-22)25(32-24)20-7-4-18(27)8-21(20)28/h4,7-10,12,14,19,23H,5-6,11,13H2,1-3H3. The van der Waals surface area contributed by atoms with Crippen LogP contribution in [0.3, 0.4) is 0 Å². The highest BCUT2D eigenvalue weighted by molar-refractivity contribution is 6.30. The maximum atomic E-state index is 15.0. The molecule has 4 aromatic rings. The van der Waals surface area contributed by atoms with Crippen molar-refractivity contribution in [2.45, 2.75) is 51.9 Å². The van der Waals surface area contributed by atoms with Crippen molar-refractivity contribution in [1.82, 2.24) is 24.7 Å². The number of rotatable bonds is 4. The molecule has 1 aromatic carbocycles. The second-order valence-electron chi connectivity index (χ2n) is 9.54. The SMILES string of the molecule is Cc1nc2cc(N3CC(C)OC(c4cnn(C5CC5)c4)C3)nc(-c3ccc(Cl)cc3F)c2nc1C. The molecule has 9 heteroatoms. The van der Waals surface area contributed by atoms with Crippen molar-refractivity contribution in [2.75, 3.05) is 18.0 Å². The predicted octanol–water partition coefficient (Wildman–Crippen LogP) is 5.60. The molecule has 1 aliphatic carbocycles. The van der Waals surface area contributed by atoms with Gasteiger partial charge < -0.3 is 9.64 Å². The molecule has 0 spiro atoms. The van der Waals surface area contributed by atoms with Crippen LogP contribution < -0.4 is 4.90 Å². The van der Waals surface area contributed by atoms with E-state index >= 15 is 4.39 Å². The van der Waals surface area contributed by atoms with Crippen molar-refractivity contribution in [3.05, 3.63) is 64.5 Å². The molecule has 0 radical (unpaired) electrons. The third-order valence-electron chi connectivity index (χ3n) is 6.74. The van der Waals surface area contributed by atoms with Gasteiger partial charge in [0.15, 0.2) is 0 Å². The van der Waals surface area contributed by atoms with Crippen molar-refractivity contribution in [1.29, 1.82) is 0 Å². The maximum Gasteiger partial charge on any atom is 0.134 e. The van der Waals surface area contributed by atoms with Gasteiger partial charge in [0.1, 0.15) is 28.9 Å². The molecular formula is C26H26ClFN6O. The number of fused-ring (bicyclic) bond motifs is 1. The Morgan fingerprint density at radius 1 is 1.06 bits per heavy atom. The summed E-state index contributed by atoms with van der Waals surface area (Å²) >= 11 is 6.02. The summed E-state index contributed by atoms with van der Waals surface area (Å²) in [6, 6.07) is 7.08. The van der Waals surface area contributed by atoms with Crippen LogP contribution in [0.2, 0.25) is 5.02 Å². The number of hydrogen-bond acceptors (Lipinski definition) is 6. The van der Waals surface area contributed by atoms with Crippen LogP contribution in [-0.2, 0) is 4.74 Å². The van der Waals surface area contributed by atoms with E-state index in [0.29, 0.717) is 52.3 Å². The molecule has 2 atom stereocenters. The van der Waals surface area contributed by atoms with Gasteiger partial charge in [0.05, 0.1) is 41.8 Å². The molecule has 6 rings (SSSR count). The van der Waals surface area contributed by atoms with E-state index in [0.717, 1.165) is 17.0 Å². The van der Waals surface area contributed by atoms with Crippen molar-refractivity contribution < 1.29 is 9.13 Å². The second-order valence-corrected chi connectivity index (χ2v) is 9.98. The first-order chi connectivity index (χ1) is 16.9. The monoisotopic (exact) mass is 492 g/mol. The zero-order valence-corrected chi connectivity index (χ0v) is 20.6. The summed E-state index contributed by atoms with van der Waals surface area (Å²) in [4.78, 5) is 16.6. The highest BCUT2D eigenvalue weighted by Crippen LogP contribution is 2.37. The molecule has 1 aliphatic heterocycles. The number of halogens is 2. The lowest BCUT2D eigenvalue weighted by molar-refractivity contribution is -0.0176. The van der Waals surface area contributed by atoms with E-state index in [2.05, 4.69) is 23.1 Å². The van der Waals surface area contributed by atoms with Crippen LogP contribution >= 0.6 is 11.6 Å². The van der Waals surface area contributed by atoms with Crippen LogP contribution in [0.1, 0.15) is 48.9 Å². The van der Waals surface area contributed by atoms with Crippen LogP contribution in [-0.4, -0.2) is 43.9 Å². The predicted molar refractivity (Wildman–Crippen MR) is 133 cm³/mol. The van der Waals surface area contributed by atoms with Crippen LogP contribution in [0.25, 0.3) is 22.3 Å². The van der Waals surface area contributed by atoms with E-state index in [1.807, 2.05) is 30.8 Å². The van der Waals surface area contributed by atoms with Gasteiger partial charge in [-0.3, -0.25) is 4.68 Å². The minimum Gasteiger partial charge on any atom is -0.367 e. The molecule has 1 saturated heterocycles. The molecule has 3 aromatic heterocycles. The van der Waals surface area contributed by atoms with E-state index in [9.17, 15) is 0 Å². The van der Waals surface area contributed by atoms with Gasteiger partial charge >= 0.3 is 0 Å². The summed E-state index contributed by atoms with van der Waals surface area (Å²) in [7, 11) is 0. The molecule has 0 N–H and O–H groups in total. The Kier molecular flexibility index (Phi) is 5.45. The minimum atomic E-state index is -0.441. The average Bonchev–Trinajstić information content (AvgIpc) is 3.55. The molecule has 4 heterocycles. The van der Waals surface area contributed by atoms with E-state index in [-0.39, 0.29) is 12.2 Å². The molecule has 1 saturated carbocycles. The number of ether oxygens (including phenoxy) is 1. The summed E-state index contributed by atoms with van der Waals surface area (Å²) in [5, 5.41) is 4.87. The van der Waals surface area contributed by atoms with Gasteiger partial charge in [0.25, 0.3) is 0 Å². The maximum absolute atomic E-state index is 15.0. The van der Waals surface area contributed by atoms with Crippen LogP contribution in [0, 0.1) is 19.7 Å². The highest BCUT2D eigenvalue weighted by atomic mass is 35.5. The molecule has 0 bridgehead atoms. The number of pyridine rings is 1. The molecule has 2 unspecified atom stereocenters. The number of morpholine rings is 1. The third kappa shape index (κ3) is 4.25. The summed E-state index contributed by atoms with van der Waals surface area (Å²) in [6.45, 7) is 7.15. The minimum absolute atomic E-state index is 0.0166. The Labute approximate surface area is 207 Å². The smallest absolute Gasteiger partial charge is 0.134 e. The zero-order valence-electron chi connectivity index (χ0n) is 19.9. The first kappa shape index (κ1) is 22.4. The fraction of sp³-hybridized carbons (Fsp3) is 0.385. The van der Waals surface area contributed by atoms with Crippen LogP contribution in [0.15, 0.2) is 36.7 Å². The number of benzene rings is 1. The zero-order chi connectivity index (χ0) is 24.3. The van der Waals surface area contributed by atoms with Gasteiger partial charge in [-0.1, -0.05) is 11.6 Å². The molecule has 35 heavy (non-hydrogen) atoms. The van der Waals surface area contributed by atoms with Gasteiger partial charge in [-0.15, -0.1) is 0 Å². The number of nitrogens with zero attached hydrogens (tertiary/aromatic N) is 6. The van der Waals surface area contributed by atoms with Crippen molar-refractivity contribution in [2.24, 2.45) is 0 Å². The largest absolute Gasteiger partial charge is 0.367 e. The highest BCUT2D eigenvalue weighted by Gasteiger charge is 2.31. The lowest BCUT2D eigenvalue weighted by atomic mass is 10.1. The Hall–Kier alpha value is -3.10. The van der Waals surface area contributed by atoms with E-state index in [1.54, 1.807) is 12.1 Å².